The number of nitrogens with two attached hydrogens (primary N) is 1. The first-order valence-corrected chi connectivity index (χ1v) is 6.35. The highest BCUT2D eigenvalue weighted by atomic mass is 32.2. The molecule has 0 aliphatic rings. The van der Waals surface area contributed by atoms with Crippen LogP contribution in [0.25, 0.3) is 0 Å². The molecular weight excluding hydrogens is 307 g/mol. The van der Waals surface area contributed by atoms with Crippen LogP contribution in [-0.2, 0) is 6.18 Å². The number of benzene rings is 1. The van der Waals surface area contributed by atoms with E-state index in [4.69, 9.17) is 5.73 Å². The smallest absolute Gasteiger partial charge is 0.384 e. The molecule has 0 bridgehead atoms. The monoisotopic (exact) mass is 315 g/mol. The first-order chi connectivity index (χ1) is 9.77. The van der Waals surface area contributed by atoms with Crippen LogP contribution >= 0.6 is 11.8 Å². The number of nitro groups is 1. The minimum absolute atomic E-state index is 0.0587. The summed E-state index contributed by atoms with van der Waals surface area (Å²) in [5.74, 6) is -0.300. The number of anilines is 1. The zero-order valence-corrected chi connectivity index (χ0v) is 11.1. The molecule has 1 heterocycles. The van der Waals surface area contributed by atoms with Crippen molar-refractivity contribution in [3.63, 3.8) is 0 Å². The summed E-state index contributed by atoms with van der Waals surface area (Å²) in [6.45, 7) is 0. The molecule has 0 fully saturated rings. The summed E-state index contributed by atoms with van der Waals surface area (Å²) in [5.41, 5.74) is 4.19. The molecule has 110 valence electrons. The van der Waals surface area contributed by atoms with E-state index in [1.165, 1.54) is 18.2 Å². The van der Waals surface area contributed by atoms with Crippen LogP contribution in [0.15, 0.2) is 46.3 Å². The number of rotatable bonds is 3. The number of pyridine rings is 1. The number of para-hydroxylation sites is 1. The maximum Gasteiger partial charge on any atom is 0.416 e. The number of nitrogen functional groups attached to an aromatic ring is 1. The number of halogens is 3. The van der Waals surface area contributed by atoms with Crippen molar-refractivity contribution in [1.82, 2.24) is 4.98 Å². The van der Waals surface area contributed by atoms with Gasteiger partial charge in [-0.05, 0) is 18.2 Å². The third-order valence-corrected chi connectivity index (χ3v) is 3.41. The second kappa shape index (κ2) is 5.60. The quantitative estimate of drug-likeness (QED) is 0.689. The molecule has 5 nitrogen and oxygen atoms in total. The average molecular weight is 315 g/mol. The summed E-state index contributed by atoms with van der Waals surface area (Å²) >= 11 is 0.754. The fraction of sp³-hybridized carbons (Fsp3) is 0.0833. The van der Waals surface area contributed by atoms with Crippen molar-refractivity contribution in [2.45, 2.75) is 16.1 Å². The molecule has 21 heavy (non-hydrogen) atoms. The molecule has 2 N–H and O–H groups in total. The molecule has 2 aromatic rings. The number of hydrogen-bond donors (Lipinski definition) is 1. The fourth-order valence-corrected chi connectivity index (χ4v) is 2.50. The molecule has 0 radical (unpaired) electrons. The third kappa shape index (κ3) is 3.63. The van der Waals surface area contributed by atoms with Gasteiger partial charge in [-0.15, -0.1) is 0 Å². The predicted octanol–water partition coefficient (Wildman–Crippen LogP) is 3.74. The van der Waals surface area contributed by atoms with Gasteiger partial charge >= 0.3 is 6.18 Å². The molecule has 9 heteroatoms. The van der Waals surface area contributed by atoms with E-state index in [1.54, 1.807) is 6.07 Å². The van der Waals surface area contributed by atoms with Crippen molar-refractivity contribution in [2.75, 3.05) is 5.73 Å². The summed E-state index contributed by atoms with van der Waals surface area (Å²) < 4.78 is 38.1. The zero-order chi connectivity index (χ0) is 15.6. The normalized spacial score (nSPS) is 11.4. The van der Waals surface area contributed by atoms with Gasteiger partial charge in [0.05, 0.1) is 15.4 Å². The third-order valence-electron chi connectivity index (χ3n) is 2.43. The maximum absolute atomic E-state index is 12.7. The summed E-state index contributed by atoms with van der Waals surface area (Å²) in [7, 11) is 0. The molecule has 0 unspecified atom stereocenters. The summed E-state index contributed by atoms with van der Waals surface area (Å²) in [4.78, 5) is 14.2. The molecule has 1 aromatic heterocycles. The first-order valence-electron chi connectivity index (χ1n) is 5.53. The highest BCUT2D eigenvalue weighted by Crippen LogP contribution is 2.37. The molecule has 0 aliphatic carbocycles. The van der Waals surface area contributed by atoms with E-state index in [0.717, 1.165) is 17.8 Å². The largest absolute Gasteiger partial charge is 0.416 e. The minimum atomic E-state index is -4.56. The van der Waals surface area contributed by atoms with Crippen LogP contribution in [0.5, 0.6) is 0 Å². The Hall–Kier alpha value is -2.29. The number of hydrogen-bond acceptors (Lipinski definition) is 5. The molecule has 2 rings (SSSR count). The van der Waals surface area contributed by atoms with Gasteiger partial charge in [0, 0.05) is 6.07 Å². The van der Waals surface area contributed by atoms with E-state index in [-0.39, 0.29) is 21.4 Å². The van der Waals surface area contributed by atoms with E-state index in [0.29, 0.717) is 6.07 Å². The lowest BCUT2D eigenvalue weighted by Crippen LogP contribution is -2.07. The lowest BCUT2D eigenvalue weighted by Gasteiger charge is -2.09. The van der Waals surface area contributed by atoms with Crippen LogP contribution in [-0.4, -0.2) is 9.91 Å². The first kappa shape index (κ1) is 15.1. The molecular formula is C12H8F3N3O2S. The Morgan fingerprint density at radius 2 is 1.90 bits per heavy atom. The number of nitrogens with zero attached hydrogens (tertiary/aromatic N) is 2. The van der Waals surface area contributed by atoms with E-state index in [1.807, 2.05) is 0 Å². The molecule has 0 spiro atoms. The number of nitro benzene ring substituents is 1. The van der Waals surface area contributed by atoms with Crippen molar-refractivity contribution in [1.29, 1.82) is 0 Å². The van der Waals surface area contributed by atoms with Crippen LogP contribution in [0, 0.1) is 10.1 Å². The Kier molecular flexibility index (Phi) is 4.03. The van der Waals surface area contributed by atoms with Crippen LogP contribution in [0.3, 0.4) is 0 Å². The highest BCUT2D eigenvalue weighted by molar-refractivity contribution is 7.99. The average Bonchev–Trinajstić information content (AvgIpc) is 2.37. The molecule has 0 atom stereocenters. The maximum atomic E-state index is 12.7. The molecule has 1 aromatic carbocycles. The summed E-state index contributed by atoms with van der Waals surface area (Å²) in [6, 6.07) is 7.23. The van der Waals surface area contributed by atoms with Gasteiger partial charge in [-0.25, -0.2) is 4.98 Å². The number of alkyl halides is 3. The van der Waals surface area contributed by atoms with Gasteiger partial charge in [0.1, 0.15) is 10.8 Å². The second-order valence-corrected chi connectivity index (χ2v) is 5.01. The van der Waals surface area contributed by atoms with Crippen LogP contribution in [0.4, 0.5) is 24.7 Å². The Balaban J connectivity index is 2.41. The van der Waals surface area contributed by atoms with Gasteiger partial charge in [-0.3, -0.25) is 10.1 Å². The van der Waals surface area contributed by atoms with Crippen molar-refractivity contribution < 1.29 is 18.1 Å². The van der Waals surface area contributed by atoms with Crippen LogP contribution < -0.4 is 5.73 Å². The van der Waals surface area contributed by atoms with E-state index in [2.05, 4.69) is 4.98 Å². The van der Waals surface area contributed by atoms with Gasteiger partial charge in [0.25, 0.3) is 5.69 Å². The Morgan fingerprint density at radius 1 is 1.24 bits per heavy atom. The SMILES string of the molecule is Nc1cc(C(F)(F)F)cc(Sc2ccccc2[N+](=O)[O-])n1. The predicted molar refractivity (Wildman–Crippen MR) is 70.9 cm³/mol. The van der Waals surface area contributed by atoms with Gasteiger partial charge in [0.2, 0.25) is 0 Å². The molecule has 0 aliphatic heterocycles. The zero-order valence-electron chi connectivity index (χ0n) is 10.3. The van der Waals surface area contributed by atoms with Crippen LogP contribution in [0.2, 0.25) is 0 Å². The van der Waals surface area contributed by atoms with Gasteiger partial charge < -0.3 is 5.73 Å². The minimum Gasteiger partial charge on any atom is -0.384 e. The fourth-order valence-electron chi connectivity index (χ4n) is 1.55. The van der Waals surface area contributed by atoms with Crippen molar-refractivity contribution in [3.8, 4) is 0 Å². The standard InChI is InChI=1S/C12H8F3N3O2S/c13-12(14,15)7-5-10(16)17-11(6-7)21-9-4-2-1-3-8(9)18(19)20/h1-6H,(H2,16,17). The Morgan fingerprint density at radius 3 is 2.52 bits per heavy atom. The summed E-state index contributed by atoms with van der Waals surface area (Å²) in [5, 5.41) is 10.8. The lowest BCUT2D eigenvalue weighted by atomic mass is 10.2. The second-order valence-electron chi connectivity index (χ2n) is 3.94. The topological polar surface area (TPSA) is 82.0 Å². The van der Waals surface area contributed by atoms with Gasteiger partial charge in [0.15, 0.2) is 0 Å². The molecule has 0 saturated carbocycles. The van der Waals surface area contributed by atoms with E-state index < -0.39 is 16.7 Å². The highest BCUT2D eigenvalue weighted by Gasteiger charge is 2.31. The Labute approximate surface area is 121 Å². The summed E-state index contributed by atoms with van der Waals surface area (Å²) in [6.07, 6.45) is -4.56. The Bertz CT molecular complexity index is 692. The van der Waals surface area contributed by atoms with E-state index in [9.17, 15) is 23.3 Å². The van der Waals surface area contributed by atoms with Crippen molar-refractivity contribution in [3.05, 3.63) is 52.1 Å². The van der Waals surface area contributed by atoms with Crippen LogP contribution in [0.1, 0.15) is 5.56 Å². The molecule has 0 amide bonds. The van der Waals surface area contributed by atoms with Crippen molar-refractivity contribution >= 4 is 23.3 Å². The van der Waals surface area contributed by atoms with Gasteiger partial charge in [-0.1, -0.05) is 23.9 Å². The molecule has 0 saturated heterocycles. The van der Waals surface area contributed by atoms with E-state index >= 15 is 0 Å². The van der Waals surface area contributed by atoms with Gasteiger partial charge in [-0.2, -0.15) is 13.2 Å². The lowest BCUT2D eigenvalue weighted by molar-refractivity contribution is -0.387. The van der Waals surface area contributed by atoms with Crippen molar-refractivity contribution in [2.24, 2.45) is 0 Å². The number of aromatic nitrogens is 1.